The minimum absolute atomic E-state index is 0.0551. The van der Waals surface area contributed by atoms with Crippen LogP contribution in [0.1, 0.15) is 27.2 Å². The number of nitrogens with one attached hydrogen (secondary N) is 1. The number of aryl methyl sites for hydroxylation is 1. The van der Waals surface area contributed by atoms with Gasteiger partial charge >= 0.3 is 0 Å². The first kappa shape index (κ1) is 25.8. The number of hydrogen-bond acceptors (Lipinski definition) is 6. The molecule has 0 unspecified atom stereocenters. The maximum Gasteiger partial charge on any atom is 0.255 e. The van der Waals surface area contributed by atoms with Crippen molar-refractivity contribution in [1.29, 1.82) is 0 Å². The lowest BCUT2D eigenvalue weighted by Crippen LogP contribution is -2.03. The molecule has 0 aliphatic carbocycles. The smallest absolute Gasteiger partial charge is 0.255 e. The number of rotatable bonds is 8. The van der Waals surface area contributed by atoms with Gasteiger partial charge in [0.2, 0.25) is 5.16 Å². The van der Waals surface area contributed by atoms with Crippen LogP contribution in [0.15, 0.2) is 108 Å². The van der Waals surface area contributed by atoms with E-state index >= 15 is 0 Å². The first-order valence-electron chi connectivity index (χ1n) is 12.7. The molecule has 1 N–H and O–H groups in total. The number of nitrogens with zero attached hydrogens (tertiary/aromatic N) is 4. The van der Waals surface area contributed by atoms with Crippen LogP contribution in [0.25, 0.3) is 22.6 Å². The maximum absolute atomic E-state index is 12.8. The number of allylic oxidation sites excluding steroid dienone is 1. The fraction of sp³-hybridized carbons (Fsp3) is 0.0625. The van der Waals surface area contributed by atoms with Crippen LogP contribution in [0.5, 0.6) is 0 Å². The average molecular weight is 562 g/mol. The third-order valence-electron chi connectivity index (χ3n) is 6.34. The van der Waals surface area contributed by atoms with Gasteiger partial charge in [0.25, 0.3) is 5.78 Å². The predicted molar refractivity (Wildman–Crippen MR) is 164 cm³/mol. The van der Waals surface area contributed by atoms with E-state index in [1.807, 2.05) is 85.8 Å². The molecule has 2 heterocycles. The zero-order valence-corrected chi connectivity index (χ0v) is 23.2. The third kappa shape index (κ3) is 5.91. The minimum Gasteiger partial charge on any atom is -0.340 e. The number of ketones is 1. The van der Waals surface area contributed by atoms with Crippen molar-refractivity contribution in [1.82, 2.24) is 19.6 Å². The van der Waals surface area contributed by atoms with Gasteiger partial charge in [-0.3, -0.25) is 4.79 Å². The van der Waals surface area contributed by atoms with E-state index < -0.39 is 0 Å². The monoisotopic (exact) mass is 561 g/mol. The third-order valence-corrected chi connectivity index (χ3v) is 7.51. The lowest BCUT2D eigenvalue weighted by molar-refractivity contribution is 0.104. The molecule has 0 saturated heterocycles. The lowest BCUT2D eigenvalue weighted by Gasteiger charge is -2.09. The van der Waals surface area contributed by atoms with Gasteiger partial charge in [0.1, 0.15) is 5.82 Å². The number of fused-ring (bicyclic) bond motifs is 2. The van der Waals surface area contributed by atoms with E-state index in [4.69, 9.17) is 11.6 Å². The van der Waals surface area contributed by atoms with Crippen molar-refractivity contribution in [2.75, 3.05) is 5.32 Å². The van der Waals surface area contributed by atoms with Crippen molar-refractivity contribution < 1.29 is 4.79 Å². The minimum atomic E-state index is -0.0551. The number of hydrogen-bond donors (Lipinski definition) is 1. The van der Waals surface area contributed by atoms with Crippen LogP contribution in [0.3, 0.4) is 0 Å². The van der Waals surface area contributed by atoms with Crippen LogP contribution in [0, 0.1) is 6.92 Å². The van der Waals surface area contributed by atoms with Gasteiger partial charge in [0, 0.05) is 33.8 Å². The zero-order valence-electron chi connectivity index (χ0n) is 21.6. The van der Waals surface area contributed by atoms with E-state index in [0.717, 1.165) is 39.5 Å². The van der Waals surface area contributed by atoms with Crippen LogP contribution in [-0.4, -0.2) is 25.4 Å². The Morgan fingerprint density at radius 3 is 2.50 bits per heavy atom. The van der Waals surface area contributed by atoms with Gasteiger partial charge in [0.15, 0.2) is 5.78 Å². The number of aromatic nitrogens is 4. The standard InChI is InChI=1S/C32H24ClN5OS/c1-21-18-30(38-31(34-21)36-32(37-38)40-20-23-7-13-27(33)14-8-23)35-28-15-11-25(12-16-28)29(39)17-9-22-6-10-24-4-2-3-5-26(24)19-22/h2-19,35H,20H2,1H3/b17-9+. The SMILES string of the molecule is Cc1cc(Nc2ccc(C(=O)/C=C/c3ccc4ccccc4c3)cc2)n2nc(SCc3ccc(Cl)cc3)nc2n1. The summed E-state index contributed by atoms with van der Waals surface area (Å²) < 4.78 is 1.70. The van der Waals surface area contributed by atoms with Crippen LogP contribution < -0.4 is 5.32 Å². The number of thioether (sulfide) groups is 1. The average Bonchev–Trinajstić information content (AvgIpc) is 3.39. The normalized spacial score (nSPS) is 11.4. The van der Waals surface area contributed by atoms with Crippen molar-refractivity contribution >= 4 is 63.3 Å². The Balaban J connectivity index is 1.15. The van der Waals surface area contributed by atoms with Gasteiger partial charge in [-0.25, -0.2) is 4.98 Å². The van der Waals surface area contributed by atoms with E-state index in [1.165, 1.54) is 17.1 Å². The number of carbonyl (C=O) groups is 1. The lowest BCUT2D eigenvalue weighted by atomic mass is 10.1. The highest BCUT2D eigenvalue weighted by molar-refractivity contribution is 7.98. The number of halogens is 1. The Bertz CT molecular complexity index is 1860. The molecule has 0 atom stereocenters. The summed E-state index contributed by atoms with van der Waals surface area (Å²) in [7, 11) is 0. The highest BCUT2D eigenvalue weighted by Crippen LogP contribution is 2.24. The van der Waals surface area contributed by atoms with Crippen molar-refractivity contribution in [3.8, 4) is 0 Å². The molecule has 4 aromatic carbocycles. The molecule has 6 rings (SSSR count). The molecule has 0 spiro atoms. The summed E-state index contributed by atoms with van der Waals surface area (Å²) in [6.07, 6.45) is 3.46. The molecule has 0 saturated carbocycles. The van der Waals surface area contributed by atoms with Crippen LogP contribution >= 0.6 is 23.4 Å². The predicted octanol–water partition coefficient (Wildman–Crippen LogP) is 8.17. The molecule has 8 heteroatoms. The van der Waals surface area contributed by atoms with Crippen molar-refractivity contribution in [3.05, 3.63) is 131 Å². The Morgan fingerprint density at radius 2 is 1.70 bits per heavy atom. The van der Waals surface area contributed by atoms with E-state index in [2.05, 4.69) is 44.6 Å². The molecule has 0 fully saturated rings. The fourth-order valence-electron chi connectivity index (χ4n) is 4.29. The van der Waals surface area contributed by atoms with Gasteiger partial charge in [0.05, 0.1) is 0 Å². The number of anilines is 2. The summed E-state index contributed by atoms with van der Waals surface area (Å²) in [5, 5.41) is 11.7. The first-order valence-corrected chi connectivity index (χ1v) is 14.1. The van der Waals surface area contributed by atoms with Crippen molar-refractivity contribution in [2.45, 2.75) is 17.8 Å². The van der Waals surface area contributed by atoms with E-state index in [-0.39, 0.29) is 5.78 Å². The maximum atomic E-state index is 12.8. The molecule has 40 heavy (non-hydrogen) atoms. The second kappa shape index (κ2) is 11.3. The number of carbonyl (C=O) groups excluding carboxylic acids is 1. The highest BCUT2D eigenvalue weighted by Gasteiger charge is 2.12. The molecule has 196 valence electrons. The second-order valence-corrected chi connectivity index (χ2v) is 10.7. The summed E-state index contributed by atoms with van der Waals surface area (Å²) in [5.41, 5.74) is 4.38. The van der Waals surface area contributed by atoms with Gasteiger partial charge in [-0.05, 0) is 77.4 Å². The summed E-state index contributed by atoms with van der Waals surface area (Å²) in [6.45, 7) is 1.92. The highest BCUT2D eigenvalue weighted by atomic mass is 35.5. The second-order valence-electron chi connectivity index (χ2n) is 9.31. The van der Waals surface area contributed by atoms with Gasteiger partial charge in [-0.15, -0.1) is 5.10 Å². The van der Waals surface area contributed by atoms with Crippen molar-refractivity contribution in [3.63, 3.8) is 0 Å². The summed E-state index contributed by atoms with van der Waals surface area (Å²) in [5.74, 6) is 1.93. The van der Waals surface area contributed by atoms with Gasteiger partial charge < -0.3 is 5.32 Å². The Morgan fingerprint density at radius 1 is 0.925 bits per heavy atom. The van der Waals surface area contributed by atoms with E-state index in [9.17, 15) is 4.79 Å². The van der Waals surface area contributed by atoms with Crippen LogP contribution in [0.4, 0.5) is 11.5 Å². The topological polar surface area (TPSA) is 72.2 Å². The molecular weight excluding hydrogens is 538 g/mol. The van der Waals surface area contributed by atoms with Crippen LogP contribution in [-0.2, 0) is 5.75 Å². The van der Waals surface area contributed by atoms with E-state index in [1.54, 1.807) is 10.6 Å². The molecule has 0 radical (unpaired) electrons. The molecule has 0 bridgehead atoms. The molecule has 6 nitrogen and oxygen atoms in total. The Kier molecular flexibility index (Phi) is 7.31. The molecule has 0 amide bonds. The van der Waals surface area contributed by atoms with Gasteiger partial charge in [-0.1, -0.05) is 78.0 Å². The molecule has 6 aromatic rings. The summed E-state index contributed by atoms with van der Waals surface area (Å²) in [4.78, 5) is 21.9. The number of benzene rings is 4. The Hall–Kier alpha value is -4.46. The molecular formula is C32H24ClN5OS. The molecule has 2 aromatic heterocycles. The van der Waals surface area contributed by atoms with Crippen LogP contribution in [0.2, 0.25) is 5.02 Å². The fourth-order valence-corrected chi connectivity index (χ4v) is 5.19. The molecule has 0 aliphatic rings. The molecule has 0 aliphatic heterocycles. The quantitative estimate of drug-likeness (QED) is 0.115. The Labute approximate surface area is 240 Å². The van der Waals surface area contributed by atoms with Gasteiger partial charge in [-0.2, -0.15) is 9.50 Å². The van der Waals surface area contributed by atoms with E-state index in [0.29, 0.717) is 21.5 Å². The summed E-state index contributed by atoms with van der Waals surface area (Å²) in [6, 6.07) is 31.4. The first-order chi connectivity index (χ1) is 19.5. The zero-order chi connectivity index (χ0) is 27.5. The largest absolute Gasteiger partial charge is 0.340 e. The van der Waals surface area contributed by atoms with Crippen molar-refractivity contribution in [2.24, 2.45) is 0 Å². The summed E-state index contributed by atoms with van der Waals surface area (Å²) >= 11 is 7.53.